The third kappa shape index (κ3) is 5.06. The van der Waals surface area contributed by atoms with Crippen LogP contribution >= 0.6 is 0 Å². The number of nitrogens with one attached hydrogen (secondary N) is 2. The number of alkyl carbamates (subject to hydrolysis) is 1. The van der Waals surface area contributed by atoms with E-state index >= 15 is 0 Å². The summed E-state index contributed by atoms with van der Waals surface area (Å²) in [6.07, 6.45) is 10.0. The maximum atomic E-state index is 11.5. The molecule has 1 saturated carbocycles. The Balaban J connectivity index is 1.40. The first-order valence-electron chi connectivity index (χ1n) is 12.2. The topological polar surface area (TPSA) is 148 Å². The number of nitrogens with zero attached hydrogens (tertiary/aromatic N) is 8. The molecular formula is C25H28N10O2. The average molecular weight is 501 g/mol. The maximum absolute atomic E-state index is 11.5. The number of hydrogen-bond acceptors (Lipinski definition) is 9. The number of hydrogen-bond donors (Lipinski definition) is 2. The first-order chi connectivity index (χ1) is 17.9. The largest absolute Gasteiger partial charge is 0.453 e. The van der Waals surface area contributed by atoms with Gasteiger partial charge in [0.05, 0.1) is 31.1 Å². The van der Waals surface area contributed by atoms with E-state index in [9.17, 15) is 4.79 Å². The molecule has 12 nitrogen and oxygen atoms in total. The molecule has 12 heteroatoms. The van der Waals surface area contributed by atoms with Gasteiger partial charge in [0.15, 0.2) is 11.5 Å². The third-order valence-corrected chi connectivity index (χ3v) is 6.45. The van der Waals surface area contributed by atoms with Crippen molar-refractivity contribution >= 4 is 22.8 Å². The molecule has 0 saturated heterocycles. The van der Waals surface area contributed by atoms with Crippen molar-refractivity contribution < 1.29 is 9.53 Å². The summed E-state index contributed by atoms with van der Waals surface area (Å²) in [7, 11) is 1.38. The number of carbonyl (C=O) groups is 1. The Hall–Kier alpha value is -4.53. The van der Waals surface area contributed by atoms with Crippen molar-refractivity contribution in [1.29, 1.82) is 5.26 Å². The molecule has 2 N–H and O–H groups in total. The lowest BCUT2D eigenvalue weighted by molar-refractivity contribution is 0.160. The molecule has 0 aromatic carbocycles. The van der Waals surface area contributed by atoms with Crippen LogP contribution in [0, 0.1) is 11.3 Å². The second-order valence-corrected chi connectivity index (χ2v) is 9.42. The highest BCUT2D eigenvalue weighted by Gasteiger charge is 2.25. The zero-order valence-electron chi connectivity index (χ0n) is 20.9. The lowest BCUT2D eigenvalue weighted by Gasteiger charge is -2.28. The number of methoxy groups -OCH3 is 1. The number of nitriles is 1. The SMILES string of the molecule is COC(=O)N[C@H]1CC[C@H](n2cc(-c3cnc(-n4ncc5cc(C#N)cnc54)cc3NC(C)C)nn2)CC1. The summed E-state index contributed by atoms with van der Waals surface area (Å²) in [5, 5.41) is 29.6. The maximum Gasteiger partial charge on any atom is 0.407 e. The predicted molar refractivity (Wildman–Crippen MR) is 136 cm³/mol. The van der Waals surface area contributed by atoms with Crippen LogP contribution in [0.15, 0.2) is 36.9 Å². The molecule has 0 spiro atoms. The van der Waals surface area contributed by atoms with Crippen LogP contribution in [-0.4, -0.2) is 60.0 Å². The molecule has 37 heavy (non-hydrogen) atoms. The van der Waals surface area contributed by atoms with Gasteiger partial charge in [-0.2, -0.15) is 15.0 Å². The Morgan fingerprint density at radius 3 is 2.70 bits per heavy atom. The molecular weight excluding hydrogens is 472 g/mol. The van der Waals surface area contributed by atoms with Crippen molar-refractivity contribution in [1.82, 2.24) is 40.1 Å². The Bertz CT molecular complexity index is 1460. The fourth-order valence-electron chi connectivity index (χ4n) is 4.63. The number of fused-ring (bicyclic) bond motifs is 1. The van der Waals surface area contributed by atoms with Gasteiger partial charge in [0.25, 0.3) is 0 Å². The van der Waals surface area contributed by atoms with Crippen molar-refractivity contribution in [3.63, 3.8) is 0 Å². The van der Waals surface area contributed by atoms with Crippen LogP contribution in [0.4, 0.5) is 10.5 Å². The van der Waals surface area contributed by atoms with Gasteiger partial charge in [-0.1, -0.05) is 5.21 Å². The molecule has 1 aliphatic carbocycles. The molecule has 1 aliphatic rings. The molecule has 4 aromatic rings. The third-order valence-electron chi connectivity index (χ3n) is 6.45. The minimum Gasteiger partial charge on any atom is -0.453 e. The lowest BCUT2D eigenvalue weighted by Crippen LogP contribution is -2.37. The zero-order valence-corrected chi connectivity index (χ0v) is 20.9. The number of pyridine rings is 2. The van der Waals surface area contributed by atoms with E-state index < -0.39 is 6.09 Å². The molecule has 0 radical (unpaired) electrons. The Morgan fingerprint density at radius 1 is 1.16 bits per heavy atom. The first kappa shape index (κ1) is 24.2. The monoisotopic (exact) mass is 500 g/mol. The Kier molecular flexibility index (Phi) is 6.68. The summed E-state index contributed by atoms with van der Waals surface area (Å²) in [6, 6.07) is 6.28. The van der Waals surface area contributed by atoms with Crippen molar-refractivity contribution in [2.75, 3.05) is 12.4 Å². The molecule has 0 aliphatic heterocycles. The van der Waals surface area contributed by atoms with Crippen LogP contribution in [0.2, 0.25) is 0 Å². The van der Waals surface area contributed by atoms with Crippen LogP contribution in [0.5, 0.6) is 0 Å². The summed E-state index contributed by atoms with van der Waals surface area (Å²) in [6.45, 7) is 4.13. The van der Waals surface area contributed by atoms with E-state index in [0.29, 0.717) is 17.0 Å². The zero-order chi connectivity index (χ0) is 25.9. The molecule has 1 amide bonds. The van der Waals surface area contributed by atoms with Gasteiger partial charge in [-0.05, 0) is 45.6 Å². The van der Waals surface area contributed by atoms with Gasteiger partial charge >= 0.3 is 6.09 Å². The van der Waals surface area contributed by atoms with Gasteiger partial charge < -0.3 is 15.4 Å². The number of anilines is 1. The fraction of sp³-hybridized carbons (Fsp3) is 0.400. The number of carbonyl (C=O) groups excluding carboxylic acids is 1. The highest BCUT2D eigenvalue weighted by Crippen LogP contribution is 2.32. The lowest BCUT2D eigenvalue weighted by atomic mass is 9.91. The summed E-state index contributed by atoms with van der Waals surface area (Å²) in [5.41, 5.74) is 3.52. The fourth-order valence-corrected chi connectivity index (χ4v) is 4.63. The van der Waals surface area contributed by atoms with Gasteiger partial charge in [-0.15, -0.1) is 5.10 Å². The number of amides is 1. The highest BCUT2D eigenvalue weighted by atomic mass is 16.5. The molecule has 0 bridgehead atoms. The molecule has 190 valence electrons. The van der Waals surface area contributed by atoms with E-state index in [1.54, 1.807) is 23.1 Å². The van der Waals surface area contributed by atoms with Crippen LogP contribution in [0.3, 0.4) is 0 Å². The quantitative estimate of drug-likeness (QED) is 0.405. The summed E-state index contributed by atoms with van der Waals surface area (Å²) < 4.78 is 8.28. The van der Waals surface area contributed by atoms with Crippen LogP contribution in [0.1, 0.15) is 51.1 Å². The minimum atomic E-state index is -0.390. The second-order valence-electron chi connectivity index (χ2n) is 9.42. The molecule has 0 unspecified atom stereocenters. The average Bonchev–Trinajstić information content (AvgIpc) is 3.56. The van der Waals surface area contributed by atoms with E-state index in [4.69, 9.17) is 10.00 Å². The molecule has 4 heterocycles. The summed E-state index contributed by atoms with van der Waals surface area (Å²) >= 11 is 0. The predicted octanol–water partition coefficient (Wildman–Crippen LogP) is 3.61. The van der Waals surface area contributed by atoms with Crippen molar-refractivity contribution in [3.8, 4) is 23.1 Å². The minimum absolute atomic E-state index is 0.115. The number of aromatic nitrogens is 7. The standard InChI is InChI=1S/C25H28N10O2/c1-15(2)30-21-9-23(35-24-17(12-29-35)8-16(10-26)11-28-24)27-13-20(21)22-14-34(33-32-22)19-6-4-18(5-7-19)31-25(36)37-3/h8-9,11-15,18-19H,4-7H2,1-3H3,(H,27,30)(H,31,36)/t18-,19-. The Labute approximate surface area is 213 Å². The van der Waals surface area contributed by atoms with E-state index in [-0.39, 0.29) is 18.1 Å². The van der Waals surface area contributed by atoms with Crippen LogP contribution in [-0.2, 0) is 4.74 Å². The van der Waals surface area contributed by atoms with Crippen molar-refractivity contribution in [2.24, 2.45) is 0 Å². The van der Waals surface area contributed by atoms with E-state index in [0.717, 1.165) is 48.0 Å². The van der Waals surface area contributed by atoms with Gasteiger partial charge in [0.2, 0.25) is 0 Å². The highest BCUT2D eigenvalue weighted by molar-refractivity contribution is 5.79. The van der Waals surface area contributed by atoms with Crippen LogP contribution in [0.25, 0.3) is 28.1 Å². The Morgan fingerprint density at radius 2 is 1.97 bits per heavy atom. The van der Waals surface area contributed by atoms with Gasteiger partial charge in [-0.3, -0.25) is 0 Å². The van der Waals surface area contributed by atoms with E-state index in [1.807, 2.05) is 16.9 Å². The van der Waals surface area contributed by atoms with Crippen molar-refractivity contribution in [3.05, 3.63) is 42.5 Å². The van der Waals surface area contributed by atoms with Crippen LogP contribution < -0.4 is 10.6 Å². The number of rotatable bonds is 6. The summed E-state index contributed by atoms with van der Waals surface area (Å²) in [5.74, 6) is 0.600. The van der Waals surface area contributed by atoms with Gasteiger partial charge in [0, 0.05) is 47.2 Å². The normalized spacial score (nSPS) is 17.5. The molecule has 1 fully saturated rings. The van der Waals surface area contributed by atoms with Gasteiger partial charge in [-0.25, -0.2) is 19.4 Å². The molecule has 4 aromatic heterocycles. The van der Waals surface area contributed by atoms with E-state index in [1.165, 1.54) is 13.3 Å². The van der Waals surface area contributed by atoms with E-state index in [2.05, 4.69) is 55.9 Å². The molecule has 5 rings (SSSR count). The smallest absolute Gasteiger partial charge is 0.407 e. The first-order valence-corrected chi connectivity index (χ1v) is 12.2. The second kappa shape index (κ2) is 10.2. The summed E-state index contributed by atoms with van der Waals surface area (Å²) in [4.78, 5) is 20.6. The number of ether oxygens (including phenoxy) is 1. The molecule has 0 atom stereocenters. The van der Waals surface area contributed by atoms with Crippen molar-refractivity contribution in [2.45, 2.75) is 57.7 Å². The van der Waals surface area contributed by atoms with Gasteiger partial charge in [0.1, 0.15) is 11.8 Å².